The van der Waals surface area contributed by atoms with Crippen LogP contribution in [0.4, 0.5) is 0 Å². The molecular weight excluding hydrogens is 316 g/mol. The third-order valence-electron chi connectivity index (χ3n) is 3.16. The zero-order chi connectivity index (χ0) is 16.2. The van der Waals surface area contributed by atoms with Gasteiger partial charge in [-0.2, -0.15) is 9.47 Å². The first-order chi connectivity index (χ1) is 11.2. The summed E-state index contributed by atoms with van der Waals surface area (Å²) in [5, 5.41) is 4.16. The van der Waals surface area contributed by atoms with E-state index in [0.29, 0.717) is 24.5 Å². The standard InChI is InChI=1S/C15H14N4O3S/c1-2-22-14(20)12-7-16-19(9-12)8-10-3-5-11(6-4-10)13-17-15(21)23-18-13/h3-7,9H,2,8H2,1H3,(H,17,18,21). The lowest BCUT2D eigenvalue weighted by Crippen LogP contribution is -2.04. The maximum atomic E-state index is 11.6. The van der Waals surface area contributed by atoms with Gasteiger partial charge >= 0.3 is 10.8 Å². The van der Waals surface area contributed by atoms with E-state index >= 15 is 0 Å². The van der Waals surface area contributed by atoms with Crippen LogP contribution in [0, 0.1) is 0 Å². The Labute approximate surface area is 135 Å². The topological polar surface area (TPSA) is 89.9 Å². The van der Waals surface area contributed by atoms with Gasteiger partial charge in [-0.3, -0.25) is 14.5 Å². The monoisotopic (exact) mass is 330 g/mol. The summed E-state index contributed by atoms with van der Waals surface area (Å²) in [6.45, 7) is 2.64. The zero-order valence-corrected chi connectivity index (χ0v) is 13.2. The van der Waals surface area contributed by atoms with E-state index in [1.54, 1.807) is 17.8 Å². The molecular formula is C15H14N4O3S. The van der Waals surface area contributed by atoms with E-state index in [9.17, 15) is 9.59 Å². The number of aromatic nitrogens is 4. The lowest BCUT2D eigenvalue weighted by molar-refractivity contribution is 0.0526. The second-order valence-corrected chi connectivity index (χ2v) is 5.52. The first-order valence-corrected chi connectivity index (χ1v) is 7.78. The van der Waals surface area contributed by atoms with E-state index < -0.39 is 0 Å². The highest BCUT2D eigenvalue weighted by atomic mass is 32.1. The number of carbonyl (C=O) groups is 1. The molecule has 3 aromatic rings. The van der Waals surface area contributed by atoms with E-state index in [-0.39, 0.29) is 10.8 Å². The van der Waals surface area contributed by atoms with Crippen molar-refractivity contribution in [1.29, 1.82) is 0 Å². The summed E-state index contributed by atoms with van der Waals surface area (Å²) in [6, 6.07) is 7.63. The smallest absolute Gasteiger partial charge is 0.341 e. The number of rotatable bonds is 5. The Kier molecular flexibility index (Phi) is 4.33. The Morgan fingerprint density at radius 3 is 2.78 bits per heavy atom. The number of benzene rings is 1. The second-order valence-electron chi connectivity index (χ2n) is 4.79. The van der Waals surface area contributed by atoms with E-state index in [2.05, 4.69) is 14.5 Å². The average Bonchev–Trinajstić information content (AvgIpc) is 3.18. The minimum atomic E-state index is -0.374. The molecule has 1 N–H and O–H groups in total. The van der Waals surface area contributed by atoms with Gasteiger partial charge in [0.05, 0.1) is 24.9 Å². The fourth-order valence-electron chi connectivity index (χ4n) is 2.08. The van der Waals surface area contributed by atoms with Gasteiger partial charge < -0.3 is 4.74 Å². The highest BCUT2D eigenvalue weighted by Crippen LogP contribution is 2.15. The molecule has 23 heavy (non-hydrogen) atoms. The molecule has 2 aromatic heterocycles. The Hall–Kier alpha value is -2.74. The molecule has 0 aliphatic carbocycles. The number of hydrogen-bond donors (Lipinski definition) is 1. The van der Waals surface area contributed by atoms with Crippen molar-refractivity contribution in [3.05, 3.63) is 57.5 Å². The molecule has 0 atom stereocenters. The van der Waals surface area contributed by atoms with Gasteiger partial charge in [0.1, 0.15) is 0 Å². The molecule has 8 heteroatoms. The number of H-pyrrole nitrogens is 1. The van der Waals surface area contributed by atoms with Crippen molar-refractivity contribution in [2.24, 2.45) is 0 Å². The molecule has 0 amide bonds. The van der Waals surface area contributed by atoms with Crippen LogP contribution in [-0.4, -0.2) is 31.7 Å². The van der Waals surface area contributed by atoms with Gasteiger partial charge in [0.2, 0.25) is 0 Å². The summed E-state index contributed by atoms with van der Waals surface area (Å²) in [6.07, 6.45) is 3.15. The summed E-state index contributed by atoms with van der Waals surface area (Å²) >= 11 is 0.896. The van der Waals surface area contributed by atoms with Crippen LogP contribution in [0.1, 0.15) is 22.8 Å². The Morgan fingerprint density at radius 2 is 2.13 bits per heavy atom. The fourth-order valence-corrected chi connectivity index (χ4v) is 2.55. The van der Waals surface area contributed by atoms with Crippen molar-refractivity contribution >= 4 is 17.5 Å². The van der Waals surface area contributed by atoms with Crippen molar-refractivity contribution in [2.45, 2.75) is 13.5 Å². The highest BCUT2D eigenvalue weighted by Gasteiger charge is 2.09. The second kappa shape index (κ2) is 6.57. The van der Waals surface area contributed by atoms with Crippen LogP contribution in [-0.2, 0) is 11.3 Å². The van der Waals surface area contributed by atoms with Crippen LogP contribution in [0.2, 0.25) is 0 Å². The lowest BCUT2D eigenvalue weighted by Gasteiger charge is -2.03. The number of aromatic amines is 1. The molecule has 1 aromatic carbocycles. The first-order valence-electron chi connectivity index (χ1n) is 7.00. The fraction of sp³-hybridized carbons (Fsp3) is 0.200. The van der Waals surface area contributed by atoms with Crippen molar-refractivity contribution in [3.63, 3.8) is 0 Å². The van der Waals surface area contributed by atoms with Gasteiger partial charge in [0.25, 0.3) is 0 Å². The Morgan fingerprint density at radius 1 is 1.35 bits per heavy atom. The third-order valence-corrected chi connectivity index (χ3v) is 3.70. The highest BCUT2D eigenvalue weighted by molar-refractivity contribution is 7.03. The van der Waals surface area contributed by atoms with Gasteiger partial charge in [-0.25, -0.2) is 4.79 Å². The molecule has 3 rings (SSSR count). The number of nitrogens with zero attached hydrogens (tertiary/aromatic N) is 3. The molecule has 0 saturated carbocycles. The summed E-state index contributed by atoms with van der Waals surface area (Å²) in [4.78, 5) is 25.2. The van der Waals surface area contributed by atoms with Gasteiger partial charge in [0.15, 0.2) is 5.82 Å². The maximum Gasteiger partial charge on any atom is 0.341 e. The minimum Gasteiger partial charge on any atom is -0.462 e. The van der Waals surface area contributed by atoms with Gasteiger partial charge in [-0.05, 0) is 12.5 Å². The van der Waals surface area contributed by atoms with Crippen LogP contribution in [0.25, 0.3) is 11.4 Å². The zero-order valence-electron chi connectivity index (χ0n) is 12.4. The van der Waals surface area contributed by atoms with Crippen LogP contribution >= 0.6 is 11.5 Å². The Bertz CT molecular complexity index is 863. The molecule has 0 aliphatic rings. The summed E-state index contributed by atoms with van der Waals surface area (Å²) < 4.78 is 10.6. The van der Waals surface area contributed by atoms with E-state index in [4.69, 9.17) is 4.74 Å². The normalized spacial score (nSPS) is 10.7. The van der Waals surface area contributed by atoms with Crippen LogP contribution in [0.5, 0.6) is 0 Å². The summed E-state index contributed by atoms with van der Waals surface area (Å²) in [7, 11) is 0. The maximum absolute atomic E-state index is 11.6. The predicted octanol–water partition coefficient (Wildman–Crippen LogP) is 1.92. The van der Waals surface area contributed by atoms with Gasteiger partial charge in [-0.1, -0.05) is 24.3 Å². The molecule has 0 radical (unpaired) electrons. The van der Waals surface area contributed by atoms with E-state index in [0.717, 1.165) is 22.7 Å². The minimum absolute atomic E-state index is 0.174. The SMILES string of the molecule is CCOC(=O)c1cnn(Cc2ccc(-c3nsc(=O)[nH]3)cc2)c1. The predicted molar refractivity (Wildman–Crippen MR) is 85.5 cm³/mol. The number of carbonyl (C=O) groups excluding carboxylic acids is 1. The molecule has 0 unspecified atom stereocenters. The quantitative estimate of drug-likeness (QED) is 0.722. The first kappa shape index (κ1) is 15.2. The van der Waals surface area contributed by atoms with Crippen LogP contribution in [0.15, 0.2) is 41.5 Å². The average molecular weight is 330 g/mol. The Balaban J connectivity index is 1.71. The number of hydrogen-bond acceptors (Lipinski definition) is 6. The van der Waals surface area contributed by atoms with Crippen molar-refractivity contribution in [1.82, 2.24) is 19.1 Å². The van der Waals surface area contributed by atoms with Crippen molar-refractivity contribution < 1.29 is 9.53 Å². The van der Waals surface area contributed by atoms with E-state index in [1.165, 1.54) is 6.20 Å². The lowest BCUT2D eigenvalue weighted by atomic mass is 10.1. The molecule has 0 aliphatic heterocycles. The summed E-state index contributed by atoms with van der Waals surface area (Å²) in [5.41, 5.74) is 2.30. The van der Waals surface area contributed by atoms with E-state index in [1.807, 2.05) is 24.3 Å². The molecule has 118 valence electrons. The molecule has 0 spiro atoms. The van der Waals surface area contributed by atoms with Crippen LogP contribution < -0.4 is 4.87 Å². The molecule has 0 bridgehead atoms. The van der Waals surface area contributed by atoms with Gasteiger partial charge in [0, 0.05) is 23.3 Å². The van der Waals surface area contributed by atoms with Crippen molar-refractivity contribution in [2.75, 3.05) is 6.61 Å². The summed E-state index contributed by atoms with van der Waals surface area (Å²) in [5.74, 6) is 0.192. The number of nitrogens with one attached hydrogen (secondary N) is 1. The van der Waals surface area contributed by atoms with Gasteiger partial charge in [-0.15, -0.1) is 0 Å². The molecule has 0 saturated heterocycles. The molecule has 2 heterocycles. The molecule has 7 nitrogen and oxygen atoms in total. The van der Waals surface area contributed by atoms with Crippen molar-refractivity contribution in [3.8, 4) is 11.4 Å². The number of ether oxygens (including phenoxy) is 1. The largest absolute Gasteiger partial charge is 0.462 e. The molecule has 0 fully saturated rings. The third kappa shape index (κ3) is 3.54. The number of esters is 1. The van der Waals surface area contributed by atoms with Crippen LogP contribution in [0.3, 0.4) is 0 Å².